The summed E-state index contributed by atoms with van der Waals surface area (Å²) in [5.74, 6) is -0.905. The molecule has 0 aliphatic heterocycles. The third-order valence-corrected chi connectivity index (χ3v) is 0.844. The summed E-state index contributed by atoms with van der Waals surface area (Å²) in [5, 5.41) is 0. The summed E-state index contributed by atoms with van der Waals surface area (Å²) >= 11 is 0. The monoisotopic (exact) mass is 147 g/mol. The molecule has 0 saturated carbocycles. The van der Waals surface area contributed by atoms with Gasteiger partial charge in [-0.3, -0.25) is 4.79 Å². The number of alkyl halides is 2. The molecule has 0 bridgehead atoms. The van der Waals surface area contributed by atoms with Crippen LogP contribution in [-0.4, -0.2) is 11.3 Å². The number of rotatable bonds is 2. The molecule has 0 aromatic carbocycles. The minimum absolute atomic E-state index is 0.185. The second kappa shape index (κ2) is 2.55. The zero-order chi connectivity index (χ0) is 7.56. The van der Waals surface area contributed by atoms with Gasteiger partial charge in [-0.2, -0.15) is 8.78 Å². The van der Waals surface area contributed by atoms with Crippen LogP contribution in [0.25, 0.3) is 0 Å². The topological polar surface area (TPSA) is 43.1 Å². The average molecular weight is 147 g/mol. The van der Waals surface area contributed by atoms with Crippen LogP contribution in [0.1, 0.15) is 22.9 Å². The molecule has 1 aromatic heterocycles. The van der Waals surface area contributed by atoms with Crippen molar-refractivity contribution in [2.24, 2.45) is 0 Å². The number of hydrogen-bond donors (Lipinski definition) is 0. The van der Waals surface area contributed by atoms with Gasteiger partial charge < -0.3 is 4.42 Å². The van der Waals surface area contributed by atoms with Crippen LogP contribution < -0.4 is 0 Å². The van der Waals surface area contributed by atoms with E-state index >= 15 is 0 Å². The van der Waals surface area contributed by atoms with Crippen molar-refractivity contribution in [1.29, 1.82) is 0 Å². The van der Waals surface area contributed by atoms with Crippen molar-refractivity contribution in [2.75, 3.05) is 0 Å². The predicted octanol–water partition coefficient (Wildman–Crippen LogP) is 1.42. The molecule has 0 atom stereocenters. The quantitative estimate of drug-likeness (QED) is 0.594. The molecule has 0 radical (unpaired) electrons. The van der Waals surface area contributed by atoms with Crippen LogP contribution in [0.5, 0.6) is 0 Å². The Labute approximate surface area is 54.7 Å². The Hall–Kier alpha value is -1.26. The highest BCUT2D eigenvalue weighted by atomic mass is 19.3. The van der Waals surface area contributed by atoms with Gasteiger partial charge in [0.1, 0.15) is 0 Å². The number of nitrogens with zero attached hydrogens (tertiary/aromatic N) is 1. The number of carbonyl (C=O) groups excluding carboxylic acids is 1. The number of oxazole rings is 1. The van der Waals surface area contributed by atoms with Gasteiger partial charge in [0.05, 0.1) is 6.20 Å². The number of carbonyl (C=O) groups is 1. The fourth-order valence-electron chi connectivity index (χ4n) is 0.456. The van der Waals surface area contributed by atoms with Crippen LogP contribution >= 0.6 is 0 Å². The summed E-state index contributed by atoms with van der Waals surface area (Å²) in [6.45, 7) is 0. The van der Waals surface area contributed by atoms with Gasteiger partial charge in [-0.25, -0.2) is 4.98 Å². The molecule has 0 fully saturated rings. The summed E-state index contributed by atoms with van der Waals surface area (Å²) < 4.78 is 27.6. The first-order valence-corrected chi connectivity index (χ1v) is 2.43. The fraction of sp³-hybridized carbons (Fsp3) is 0.200. The van der Waals surface area contributed by atoms with Crippen LogP contribution in [0.4, 0.5) is 8.78 Å². The van der Waals surface area contributed by atoms with E-state index in [1.165, 1.54) is 0 Å². The van der Waals surface area contributed by atoms with E-state index < -0.39 is 12.3 Å². The van der Waals surface area contributed by atoms with Crippen molar-refractivity contribution in [3.8, 4) is 0 Å². The highest BCUT2D eigenvalue weighted by Gasteiger charge is 2.13. The van der Waals surface area contributed by atoms with Crippen molar-refractivity contribution in [1.82, 2.24) is 4.98 Å². The minimum Gasteiger partial charge on any atom is -0.432 e. The van der Waals surface area contributed by atoms with E-state index in [9.17, 15) is 13.6 Å². The molecular formula is C5H3F2NO2. The van der Waals surface area contributed by atoms with E-state index in [-0.39, 0.29) is 5.76 Å². The van der Waals surface area contributed by atoms with Crippen LogP contribution in [0, 0.1) is 0 Å². The lowest BCUT2D eigenvalue weighted by Crippen LogP contribution is -1.80. The molecule has 0 unspecified atom stereocenters. The second-order valence-corrected chi connectivity index (χ2v) is 1.52. The molecule has 1 rings (SSSR count). The molecule has 10 heavy (non-hydrogen) atoms. The molecule has 1 aromatic rings. The van der Waals surface area contributed by atoms with Gasteiger partial charge in [0.2, 0.25) is 0 Å². The van der Waals surface area contributed by atoms with Crippen molar-refractivity contribution in [2.45, 2.75) is 6.43 Å². The molecule has 0 N–H and O–H groups in total. The zero-order valence-corrected chi connectivity index (χ0v) is 4.75. The number of aldehydes is 1. The standard InChI is InChI=1S/C5H3F2NO2/c6-4(7)5-8-1-3(2-9)10-5/h1-2,4H. The van der Waals surface area contributed by atoms with Gasteiger partial charge in [-0.1, -0.05) is 0 Å². The Morgan fingerprint density at radius 2 is 2.40 bits per heavy atom. The highest BCUT2D eigenvalue weighted by molar-refractivity contribution is 5.69. The van der Waals surface area contributed by atoms with Crippen molar-refractivity contribution < 1.29 is 18.0 Å². The Bertz CT molecular complexity index is 233. The van der Waals surface area contributed by atoms with E-state index in [0.717, 1.165) is 6.20 Å². The molecule has 0 saturated heterocycles. The summed E-state index contributed by atoms with van der Waals surface area (Å²) in [4.78, 5) is 13.0. The van der Waals surface area contributed by atoms with Gasteiger partial charge in [0.25, 0.3) is 5.89 Å². The Balaban J connectivity index is 2.88. The van der Waals surface area contributed by atoms with Crippen LogP contribution in [0.15, 0.2) is 10.6 Å². The lowest BCUT2D eigenvalue weighted by atomic mass is 10.6. The van der Waals surface area contributed by atoms with Crippen molar-refractivity contribution >= 4 is 6.29 Å². The van der Waals surface area contributed by atoms with E-state index in [1.54, 1.807) is 0 Å². The largest absolute Gasteiger partial charge is 0.432 e. The van der Waals surface area contributed by atoms with Gasteiger partial charge in [0.15, 0.2) is 12.0 Å². The fourth-order valence-corrected chi connectivity index (χ4v) is 0.456. The third-order valence-electron chi connectivity index (χ3n) is 0.844. The molecule has 0 amide bonds. The van der Waals surface area contributed by atoms with Crippen LogP contribution in [-0.2, 0) is 0 Å². The third kappa shape index (κ3) is 1.18. The first-order valence-electron chi connectivity index (χ1n) is 2.43. The average Bonchev–Trinajstić information content (AvgIpc) is 2.34. The summed E-state index contributed by atoms with van der Waals surface area (Å²) in [6, 6.07) is 0. The minimum atomic E-state index is -2.76. The number of hydrogen-bond acceptors (Lipinski definition) is 3. The SMILES string of the molecule is O=Cc1cnc(C(F)F)o1. The van der Waals surface area contributed by atoms with Gasteiger partial charge >= 0.3 is 6.43 Å². The second-order valence-electron chi connectivity index (χ2n) is 1.52. The van der Waals surface area contributed by atoms with Crippen LogP contribution in [0.3, 0.4) is 0 Å². The summed E-state index contributed by atoms with van der Waals surface area (Å²) in [7, 11) is 0. The molecule has 0 aliphatic rings. The van der Waals surface area contributed by atoms with Gasteiger partial charge in [-0.15, -0.1) is 0 Å². The molecule has 54 valence electrons. The Kier molecular flexibility index (Phi) is 1.75. The Morgan fingerprint density at radius 1 is 1.70 bits per heavy atom. The lowest BCUT2D eigenvalue weighted by Gasteiger charge is -1.86. The zero-order valence-electron chi connectivity index (χ0n) is 4.75. The van der Waals surface area contributed by atoms with Gasteiger partial charge in [0, 0.05) is 0 Å². The molecule has 0 aliphatic carbocycles. The first kappa shape index (κ1) is 6.85. The summed E-state index contributed by atoms with van der Waals surface area (Å²) in [5.41, 5.74) is 0. The summed E-state index contributed by atoms with van der Waals surface area (Å²) in [6.07, 6.45) is -1.48. The molecular weight excluding hydrogens is 144 g/mol. The number of aromatic nitrogens is 1. The normalized spacial score (nSPS) is 10.3. The maximum Gasteiger partial charge on any atom is 0.313 e. The van der Waals surface area contributed by atoms with Crippen molar-refractivity contribution in [3.63, 3.8) is 0 Å². The smallest absolute Gasteiger partial charge is 0.313 e. The first-order chi connectivity index (χ1) is 4.74. The van der Waals surface area contributed by atoms with Crippen LogP contribution in [0.2, 0.25) is 0 Å². The highest BCUT2D eigenvalue weighted by Crippen LogP contribution is 2.16. The maximum absolute atomic E-state index is 11.6. The predicted molar refractivity (Wildman–Crippen MR) is 26.8 cm³/mol. The van der Waals surface area contributed by atoms with E-state index in [4.69, 9.17) is 0 Å². The lowest BCUT2D eigenvalue weighted by molar-refractivity contribution is 0.103. The Morgan fingerprint density at radius 3 is 2.70 bits per heavy atom. The molecule has 1 heterocycles. The molecule has 3 nitrogen and oxygen atoms in total. The molecule has 5 heteroatoms. The maximum atomic E-state index is 11.6. The van der Waals surface area contributed by atoms with E-state index in [0.29, 0.717) is 6.29 Å². The van der Waals surface area contributed by atoms with Gasteiger partial charge in [-0.05, 0) is 0 Å². The molecule has 0 spiro atoms. The number of halogens is 2. The van der Waals surface area contributed by atoms with Crippen molar-refractivity contribution in [3.05, 3.63) is 17.8 Å². The van der Waals surface area contributed by atoms with E-state index in [2.05, 4.69) is 9.40 Å². The van der Waals surface area contributed by atoms with E-state index in [1.807, 2.05) is 0 Å².